The maximum absolute atomic E-state index is 12.0. The number of hydrogen-bond donors (Lipinski definition) is 0. The van der Waals surface area contributed by atoms with E-state index in [-0.39, 0.29) is 23.2 Å². The molecular weight excluding hydrogens is 236 g/mol. The Hall–Kier alpha value is -1.31. The molecule has 0 spiro atoms. The number of benzene rings is 1. The quantitative estimate of drug-likeness (QED) is 0.757. The van der Waals surface area contributed by atoms with Crippen molar-refractivity contribution in [3.63, 3.8) is 0 Å². The second kappa shape index (κ2) is 6.23. The van der Waals surface area contributed by atoms with Gasteiger partial charge in [0.25, 0.3) is 0 Å². The van der Waals surface area contributed by atoms with Crippen molar-refractivity contribution in [2.75, 3.05) is 6.61 Å². The van der Waals surface area contributed by atoms with Gasteiger partial charge in [0.15, 0.2) is 0 Å². The van der Waals surface area contributed by atoms with Crippen molar-refractivity contribution >= 4 is 5.97 Å². The van der Waals surface area contributed by atoms with Crippen LogP contribution in [0, 0.1) is 5.92 Å². The lowest BCUT2D eigenvalue weighted by Crippen LogP contribution is -2.21. The van der Waals surface area contributed by atoms with E-state index < -0.39 is 0 Å². The molecule has 0 saturated carbocycles. The first-order chi connectivity index (χ1) is 8.77. The lowest BCUT2D eigenvalue weighted by molar-refractivity contribution is -0.146. The predicted octanol–water partition coefficient (Wildman–Crippen LogP) is 4.29. The normalized spacial score (nSPS) is 13.4. The van der Waals surface area contributed by atoms with Gasteiger partial charge in [-0.3, -0.25) is 4.79 Å². The Morgan fingerprint density at radius 3 is 2.05 bits per heavy atom. The fourth-order valence-electron chi connectivity index (χ4n) is 2.22. The number of carbonyl (C=O) groups excluding carboxylic acids is 1. The van der Waals surface area contributed by atoms with E-state index in [2.05, 4.69) is 58.9 Å². The van der Waals surface area contributed by atoms with Crippen LogP contribution >= 0.6 is 0 Å². The van der Waals surface area contributed by atoms with Gasteiger partial charge in [0.05, 0.1) is 12.5 Å². The summed E-state index contributed by atoms with van der Waals surface area (Å²) in [6, 6.07) is 8.35. The zero-order chi connectivity index (χ0) is 14.6. The number of ether oxygens (including phenoxy) is 1. The van der Waals surface area contributed by atoms with Gasteiger partial charge < -0.3 is 4.74 Å². The summed E-state index contributed by atoms with van der Waals surface area (Å²) in [5, 5.41) is 0. The summed E-state index contributed by atoms with van der Waals surface area (Å²) < 4.78 is 5.18. The first-order valence-corrected chi connectivity index (χ1v) is 7.04. The average Bonchev–Trinajstić information content (AvgIpc) is 2.28. The maximum Gasteiger partial charge on any atom is 0.313 e. The van der Waals surface area contributed by atoms with E-state index in [4.69, 9.17) is 4.74 Å². The Balaban J connectivity index is 3.02. The van der Waals surface area contributed by atoms with Crippen LogP contribution in [-0.2, 0) is 14.9 Å². The molecule has 0 heterocycles. The Bertz CT molecular complexity index is 410. The Labute approximate surface area is 117 Å². The van der Waals surface area contributed by atoms with Crippen LogP contribution in [0.25, 0.3) is 0 Å². The molecular formula is C17H26O2. The third-order valence-corrected chi connectivity index (χ3v) is 3.34. The van der Waals surface area contributed by atoms with Crippen LogP contribution < -0.4 is 0 Å². The Morgan fingerprint density at radius 2 is 1.68 bits per heavy atom. The molecule has 0 aromatic heterocycles. The summed E-state index contributed by atoms with van der Waals surface area (Å²) >= 11 is 0. The summed E-state index contributed by atoms with van der Waals surface area (Å²) in [6.07, 6.45) is 0. The van der Waals surface area contributed by atoms with E-state index in [9.17, 15) is 4.79 Å². The van der Waals surface area contributed by atoms with Gasteiger partial charge in [-0.05, 0) is 29.4 Å². The molecule has 1 rings (SSSR count). The van der Waals surface area contributed by atoms with Crippen LogP contribution in [0.4, 0.5) is 0 Å². The molecule has 1 aromatic carbocycles. The molecule has 106 valence electrons. The van der Waals surface area contributed by atoms with Crippen molar-refractivity contribution in [2.45, 2.75) is 52.9 Å². The van der Waals surface area contributed by atoms with Crippen molar-refractivity contribution in [2.24, 2.45) is 5.92 Å². The monoisotopic (exact) mass is 262 g/mol. The zero-order valence-corrected chi connectivity index (χ0v) is 13.0. The van der Waals surface area contributed by atoms with E-state index in [1.165, 1.54) is 5.56 Å². The van der Waals surface area contributed by atoms with Gasteiger partial charge in [-0.1, -0.05) is 58.9 Å². The number of esters is 1. The third-order valence-electron chi connectivity index (χ3n) is 3.34. The fourth-order valence-corrected chi connectivity index (χ4v) is 2.22. The first kappa shape index (κ1) is 15.7. The summed E-state index contributed by atoms with van der Waals surface area (Å²) in [5.74, 6) is -0.0606. The number of rotatable bonds is 4. The standard InChI is InChI=1S/C17H26O2/c1-7-19-16(18)15(12(2)3)13-8-10-14(11-9-13)17(4,5)6/h8-12,15H,7H2,1-6H3. The molecule has 19 heavy (non-hydrogen) atoms. The van der Waals surface area contributed by atoms with Gasteiger partial charge in [0.1, 0.15) is 0 Å². The van der Waals surface area contributed by atoms with Gasteiger partial charge in [0, 0.05) is 0 Å². The fraction of sp³-hybridized carbons (Fsp3) is 0.588. The SMILES string of the molecule is CCOC(=O)C(c1ccc(C(C)(C)C)cc1)C(C)C. The summed E-state index contributed by atoms with van der Waals surface area (Å²) in [6.45, 7) is 13.0. The van der Waals surface area contributed by atoms with Crippen LogP contribution in [0.3, 0.4) is 0 Å². The molecule has 0 N–H and O–H groups in total. The van der Waals surface area contributed by atoms with E-state index in [0.717, 1.165) is 5.56 Å². The minimum Gasteiger partial charge on any atom is -0.466 e. The lowest BCUT2D eigenvalue weighted by atomic mass is 9.83. The van der Waals surface area contributed by atoms with E-state index >= 15 is 0 Å². The molecule has 1 aromatic rings. The average molecular weight is 262 g/mol. The molecule has 2 nitrogen and oxygen atoms in total. The molecule has 0 amide bonds. The number of hydrogen-bond acceptors (Lipinski definition) is 2. The highest BCUT2D eigenvalue weighted by molar-refractivity contribution is 5.78. The van der Waals surface area contributed by atoms with Crippen LogP contribution in [0.15, 0.2) is 24.3 Å². The highest BCUT2D eigenvalue weighted by Gasteiger charge is 2.25. The van der Waals surface area contributed by atoms with Gasteiger partial charge >= 0.3 is 5.97 Å². The summed E-state index contributed by atoms with van der Waals surface area (Å²) in [7, 11) is 0. The molecule has 1 atom stereocenters. The zero-order valence-electron chi connectivity index (χ0n) is 13.0. The molecule has 0 bridgehead atoms. The molecule has 0 aliphatic carbocycles. The molecule has 0 fully saturated rings. The minimum absolute atomic E-state index is 0.124. The van der Waals surface area contributed by atoms with Crippen molar-refractivity contribution in [3.05, 3.63) is 35.4 Å². The molecule has 0 aliphatic heterocycles. The summed E-state index contributed by atoms with van der Waals surface area (Å²) in [5.41, 5.74) is 2.46. The van der Waals surface area contributed by atoms with Gasteiger partial charge in [-0.2, -0.15) is 0 Å². The van der Waals surface area contributed by atoms with Gasteiger partial charge in [-0.25, -0.2) is 0 Å². The van der Waals surface area contributed by atoms with Crippen molar-refractivity contribution in [1.82, 2.24) is 0 Å². The Morgan fingerprint density at radius 1 is 1.16 bits per heavy atom. The first-order valence-electron chi connectivity index (χ1n) is 7.04. The van der Waals surface area contributed by atoms with Crippen LogP contribution in [0.2, 0.25) is 0 Å². The van der Waals surface area contributed by atoms with Crippen LogP contribution in [0.1, 0.15) is 58.6 Å². The lowest BCUT2D eigenvalue weighted by Gasteiger charge is -2.22. The van der Waals surface area contributed by atoms with Crippen molar-refractivity contribution < 1.29 is 9.53 Å². The maximum atomic E-state index is 12.0. The van der Waals surface area contributed by atoms with Gasteiger partial charge in [-0.15, -0.1) is 0 Å². The second-order valence-electron chi connectivity index (χ2n) is 6.35. The van der Waals surface area contributed by atoms with Gasteiger partial charge in [0.2, 0.25) is 0 Å². The Kier molecular flexibility index (Phi) is 5.16. The van der Waals surface area contributed by atoms with Crippen LogP contribution in [-0.4, -0.2) is 12.6 Å². The molecule has 1 unspecified atom stereocenters. The highest BCUT2D eigenvalue weighted by Crippen LogP contribution is 2.29. The predicted molar refractivity (Wildman–Crippen MR) is 79.4 cm³/mol. The van der Waals surface area contributed by atoms with Crippen molar-refractivity contribution in [1.29, 1.82) is 0 Å². The van der Waals surface area contributed by atoms with Crippen molar-refractivity contribution in [3.8, 4) is 0 Å². The largest absolute Gasteiger partial charge is 0.466 e. The van der Waals surface area contributed by atoms with E-state index in [1.54, 1.807) is 0 Å². The molecule has 2 heteroatoms. The molecule has 0 radical (unpaired) electrons. The third kappa shape index (κ3) is 4.09. The smallest absolute Gasteiger partial charge is 0.313 e. The van der Waals surface area contributed by atoms with E-state index in [0.29, 0.717) is 6.61 Å². The van der Waals surface area contributed by atoms with Crippen LogP contribution in [0.5, 0.6) is 0 Å². The molecule has 0 aliphatic rings. The minimum atomic E-state index is -0.172. The topological polar surface area (TPSA) is 26.3 Å². The second-order valence-corrected chi connectivity index (χ2v) is 6.35. The highest BCUT2D eigenvalue weighted by atomic mass is 16.5. The summed E-state index contributed by atoms with van der Waals surface area (Å²) in [4.78, 5) is 12.0. The number of carbonyl (C=O) groups is 1. The van der Waals surface area contributed by atoms with E-state index in [1.807, 2.05) is 6.92 Å². The molecule has 0 saturated heterocycles.